The van der Waals surface area contributed by atoms with Gasteiger partial charge in [-0.2, -0.15) is 10.5 Å². The summed E-state index contributed by atoms with van der Waals surface area (Å²) < 4.78 is 59.2. The van der Waals surface area contributed by atoms with E-state index in [0.29, 0.717) is 0 Å². The van der Waals surface area contributed by atoms with Crippen LogP contribution in [0.25, 0.3) is 32.7 Å². The third-order valence-electron chi connectivity index (χ3n) is 8.90. The van der Waals surface area contributed by atoms with Gasteiger partial charge in [0.15, 0.2) is 0 Å². The van der Waals surface area contributed by atoms with Crippen molar-refractivity contribution in [3.05, 3.63) is 194 Å². The van der Waals surface area contributed by atoms with Crippen molar-refractivity contribution in [3.8, 4) is 23.3 Å². The summed E-state index contributed by atoms with van der Waals surface area (Å²) in [5.74, 6) is 0. The minimum Gasteiger partial charge on any atom is -0.0620 e. The fourth-order valence-corrected chi connectivity index (χ4v) is 12.4. The van der Waals surface area contributed by atoms with Gasteiger partial charge in [0.25, 0.3) is 0 Å². The van der Waals surface area contributed by atoms with Gasteiger partial charge < -0.3 is 0 Å². The van der Waals surface area contributed by atoms with Crippen LogP contribution in [-0.2, 0) is 17.1 Å². The zero-order chi connectivity index (χ0) is 42.5. The molecule has 12 heteroatoms. The molecule has 8 rings (SSSR count). The van der Waals surface area contributed by atoms with Gasteiger partial charge >= 0.3 is 50.1 Å². The van der Waals surface area contributed by atoms with E-state index in [9.17, 15) is 25.2 Å². The molecule has 0 aliphatic heterocycles. The molecule has 0 saturated heterocycles. The van der Waals surface area contributed by atoms with E-state index in [4.69, 9.17) is 10.5 Å². The standard InChI is InChI=1S/C44H32P2.2C2H3N.Cu.F6P/c1-5-19-35(20-6-1)45(36-21-7-2-8-22-36)41-31-29-33-17-13-15-27-39(33)43(41)44-40-28-16-14-18-34(40)30-32-42(44)46(37-23-9-3-10-24-37)38-25-11-4-12-26-38;2*1-2-3;;1-7(2,3,4,5)6/h1-32H;2*1H3;;/q;;;+1;-1/p+2. The Kier molecular flexibility index (Phi) is 16.0. The van der Waals surface area contributed by atoms with Crippen LogP contribution in [0.1, 0.15) is 13.8 Å². The van der Waals surface area contributed by atoms with Gasteiger partial charge in [-0.05, 0) is 82.2 Å². The molecular weight excluding hydrogens is 875 g/mol. The zero-order valence-corrected chi connectivity index (χ0v) is 36.2. The molecule has 8 aromatic carbocycles. The van der Waals surface area contributed by atoms with Crippen molar-refractivity contribution in [2.45, 2.75) is 13.8 Å². The first kappa shape index (κ1) is 47.3. The Morgan fingerprint density at radius 1 is 0.367 bits per heavy atom. The van der Waals surface area contributed by atoms with Crippen LogP contribution in [0.3, 0.4) is 0 Å². The minimum absolute atomic E-state index is 0. The third-order valence-corrected chi connectivity index (χ3v) is 14.4. The monoisotopic (exact) mass is 914 g/mol. The van der Waals surface area contributed by atoms with Gasteiger partial charge in [0.05, 0.1) is 28.0 Å². The Labute approximate surface area is 359 Å². The number of hydrogen-bond donors (Lipinski definition) is 0. The molecule has 60 heavy (non-hydrogen) atoms. The Morgan fingerprint density at radius 2 is 0.583 bits per heavy atom. The molecule has 0 amide bonds. The van der Waals surface area contributed by atoms with Crippen LogP contribution in [0.15, 0.2) is 194 Å². The van der Waals surface area contributed by atoms with Crippen LogP contribution in [-0.4, -0.2) is 0 Å². The first-order chi connectivity index (χ1) is 28.1. The van der Waals surface area contributed by atoms with Gasteiger partial charge in [0.1, 0.15) is 31.8 Å². The summed E-state index contributed by atoms with van der Waals surface area (Å²) in [7, 11) is -13.4. The molecule has 2 nitrogen and oxygen atoms in total. The molecule has 8 aromatic rings. The van der Waals surface area contributed by atoms with E-state index >= 15 is 0 Å². The van der Waals surface area contributed by atoms with E-state index in [1.54, 1.807) is 12.1 Å². The number of halogens is 6. The van der Waals surface area contributed by atoms with Crippen LogP contribution < -0.4 is 31.8 Å². The Bertz CT molecular complexity index is 2450. The zero-order valence-electron chi connectivity index (χ0n) is 32.4. The summed E-state index contributed by atoms with van der Waals surface area (Å²) in [5, 5.41) is 28.3. The Hall–Kier alpha value is -5.35. The molecule has 0 radical (unpaired) electrons. The van der Waals surface area contributed by atoms with Crippen molar-refractivity contribution < 1.29 is 42.3 Å². The second-order valence-electron chi connectivity index (χ2n) is 13.0. The van der Waals surface area contributed by atoms with E-state index in [0.717, 1.165) is 0 Å². The predicted molar refractivity (Wildman–Crippen MR) is 243 cm³/mol. The summed E-state index contributed by atoms with van der Waals surface area (Å²) in [5.41, 5.74) is 2.75. The van der Waals surface area contributed by atoms with Gasteiger partial charge in [0, 0.05) is 25.0 Å². The minimum atomic E-state index is -10.7. The number of nitrogens with zero attached hydrogens (tertiary/aromatic N) is 2. The van der Waals surface area contributed by atoms with Crippen LogP contribution in [0.4, 0.5) is 25.2 Å². The fourth-order valence-electron chi connectivity index (χ4n) is 6.87. The maximum absolute atomic E-state index is 10.7. The van der Waals surface area contributed by atoms with E-state index in [1.807, 2.05) is 0 Å². The quantitative estimate of drug-likeness (QED) is 0.0908. The summed E-state index contributed by atoms with van der Waals surface area (Å²) in [6.07, 6.45) is 0. The van der Waals surface area contributed by atoms with E-state index < -0.39 is 23.7 Å². The second-order valence-corrected chi connectivity index (χ2v) is 19.8. The molecule has 0 N–H and O–H groups in total. The molecule has 0 aliphatic rings. The summed E-state index contributed by atoms with van der Waals surface area (Å²) in [6.45, 7) is 2.86. The predicted octanol–water partition coefficient (Wildman–Crippen LogP) is 13.1. The van der Waals surface area contributed by atoms with Crippen molar-refractivity contribution in [1.82, 2.24) is 0 Å². The molecule has 0 saturated carbocycles. The van der Waals surface area contributed by atoms with Crippen molar-refractivity contribution in [2.24, 2.45) is 0 Å². The van der Waals surface area contributed by atoms with Crippen LogP contribution in [0.5, 0.6) is 0 Å². The average Bonchev–Trinajstić information content (AvgIpc) is 3.22. The molecule has 0 atom stereocenters. The van der Waals surface area contributed by atoms with Crippen molar-refractivity contribution in [3.63, 3.8) is 0 Å². The van der Waals surface area contributed by atoms with Gasteiger partial charge in [-0.25, -0.2) is 0 Å². The summed E-state index contributed by atoms with van der Waals surface area (Å²) in [6, 6.07) is 75.7. The topological polar surface area (TPSA) is 47.6 Å². The van der Waals surface area contributed by atoms with Crippen molar-refractivity contribution in [2.75, 3.05) is 0 Å². The fraction of sp³-hybridized carbons (Fsp3) is 0.0417. The first-order valence-corrected chi connectivity index (χ1v) is 23.4. The summed E-state index contributed by atoms with van der Waals surface area (Å²) in [4.78, 5) is 0. The molecule has 0 fully saturated rings. The SMILES string of the molecule is CC#N.CC#N.F[P-](F)(F)(F)(F)F.[Cu+].c1ccc([PH+](c2ccccc2)c2ccc3ccccc3c2-c2c([PH+](c3ccccc3)c3ccccc3)ccc3ccccc23)cc1. The number of hydrogen-bond acceptors (Lipinski definition) is 2. The Morgan fingerprint density at radius 3 is 0.833 bits per heavy atom. The second kappa shape index (κ2) is 20.3. The average molecular weight is 915 g/mol. The molecular formula is C48H40CuF6N2P3+2. The maximum atomic E-state index is 9.87. The van der Waals surface area contributed by atoms with E-state index in [-0.39, 0.29) is 17.1 Å². The normalized spacial score (nSPS) is 11.7. The molecule has 308 valence electrons. The van der Waals surface area contributed by atoms with Gasteiger partial charge in [-0.15, -0.1) is 0 Å². The summed E-state index contributed by atoms with van der Waals surface area (Å²) >= 11 is 0. The number of nitriles is 2. The van der Waals surface area contributed by atoms with Gasteiger partial charge in [0.2, 0.25) is 0 Å². The van der Waals surface area contributed by atoms with Crippen LogP contribution in [0.2, 0.25) is 0 Å². The van der Waals surface area contributed by atoms with Crippen LogP contribution in [0, 0.1) is 22.7 Å². The molecule has 0 bridgehead atoms. The van der Waals surface area contributed by atoms with Crippen molar-refractivity contribution >= 4 is 77.0 Å². The van der Waals surface area contributed by atoms with Crippen LogP contribution >= 0.6 is 23.7 Å². The number of benzene rings is 8. The van der Waals surface area contributed by atoms with E-state index in [1.165, 1.54) is 78.3 Å². The van der Waals surface area contributed by atoms with Gasteiger partial charge in [-0.3, -0.25) is 0 Å². The molecule has 0 unspecified atom stereocenters. The smallest absolute Gasteiger partial charge is 0.0620 e. The van der Waals surface area contributed by atoms with Crippen molar-refractivity contribution in [1.29, 1.82) is 10.5 Å². The largest absolute Gasteiger partial charge is 1.00 e. The maximum Gasteiger partial charge on any atom is 1.00 e. The van der Waals surface area contributed by atoms with Gasteiger partial charge in [-0.1, -0.05) is 133 Å². The van der Waals surface area contributed by atoms with E-state index in [2.05, 4.69) is 194 Å². The molecule has 0 aliphatic carbocycles. The Balaban J connectivity index is 0.000000500. The molecule has 0 spiro atoms. The third kappa shape index (κ3) is 13.3. The molecule has 0 aromatic heterocycles. The first-order valence-electron chi connectivity index (χ1n) is 18.3. The number of rotatable bonds is 7. The number of fused-ring (bicyclic) bond motifs is 2. The molecule has 0 heterocycles.